The van der Waals surface area contributed by atoms with Crippen molar-refractivity contribution in [2.75, 3.05) is 0 Å². The van der Waals surface area contributed by atoms with Gasteiger partial charge in [-0.05, 0) is 12.3 Å². The Morgan fingerprint density at radius 3 is 2.85 bits per heavy atom. The van der Waals surface area contributed by atoms with Crippen LogP contribution in [0, 0.1) is 12.1 Å². The highest BCUT2D eigenvalue weighted by Crippen LogP contribution is 2.26. The minimum absolute atomic E-state index is 0.969. The summed E-state index contributed by atoms with van der Waals surface area (Å²) in [4.78, 5) is 3.92. The predicted octanol–water partition coefficient (Wildman–Crippen LogP) is 2.65. The summed E-state index contributed by atoms with van der Waals surface area (Å²) in [5, 5.41) is 0. The van der Waals surface area contributed by atoms with Crippen molar-refractivity contribution in [1.29, 1.82) is 0 Å². The van der Waals surface area contributed by atoms with E-state index in [4.69, 9.17) is 0 Å². The summed E-state index contributed by atoms with van der Waals surface area (Å²) in [6.07, 6.45) is 15.2. The molecule has 1 fully saturated rings. The monoisotopic (exact) mass is 177 g/mol. The molecule has 1 radical (unpaired) electrons. The molecule has 2 heteroatoms. The Hall–Kier alpha value is -0.790. The Kier molecular flexibility index (Phi) is 3.01. The number of rotatable bonds is 3. The second kappa shape index (κ2) is 4.45. The van der Waals surface area contributed by atoms with Crippen LogP contribution < -0.4 is 0 Å². The number of aryl methyl sites for hydroxylation is 1. The van der Waals surface area contributed by atoms with Crippen LogP contribution in [0.2, 0.25) is 0 Å². The summed E-state index contributed by atoms with van der Waals surface area (Å²) >= 11 is 0. The largest absolute Gasteiger partial charge is 0.337 e. The van der Waals surface area contributed by atoms with E-state index in [1.54, 1.807) is 0 Å². The second-order valence-corrected chi connectivity index (χ2v) is 4.03. The van der Waals surface area contributed by atoms with Gasteiger partial charge in [0, 0.05) is 12.7 Å². The Morgan fingerprint density at radius 1 is 1.31 bits per heavy atom. The van der Waals surface area contributed by atoms with Crippen LogP contribution in [-0.2, 0) is 6.54 Å². The van der Waals surface area contributed by atoms with Crippen LogP contribution in [-0.4, -0.2) is 9.55 Å². The standard InChI is InChI=1S/C11H17N2/c1-2-4-11(5-3-1)6-8-13-9-7-12-10-13/h9-11H,1-6,8H2. The van der Waals surface area contributed by atoms with Gasteiger partial charge in [0.2, 0.25) is 0 Å². The van der Waals surface area contributed by atoms with Gasteiger partial charge in [-0.15, -0.1) is 0 Å². The molecular weight excluding hydrogens is 160 g/mol. The van der Waals surface area contributed by atoms with E-state index in [0.29, 0.717) is 0 Å². The third kappa shape index (κ3) is 2.58. The van der Waals surface area contributed by atoms with Crippen molar-refractivity contribution in [3.63, 3.8) is 0 Å². The van der Waals surface area contributed by atoms with Gasteiger partial charge in [0.05, 0.1) is 6.33 Å². The van der Waals surface area contributed by atoms with E-state index in [9.17, 15) is 0 Å². The van der Waals surface area contributed by atoms with Gasteiger partial charge in [-0.3, -0.25) is 0 Å². The first kappa shape index (κ1) is 8.79. The summed E-state index contributed by atoms with van der Waals surface area (Å²) in [6.45, 7) is 1.13. The van der Waals surface area contributed by atoms with Gasteiger partial charge >= 0.3 is 0 Å². The van der Waals surface area contributed by atoms with Gasteiger partial charge < -0.3 is 4.57 Å². The fourth-order valence-corrected chi connectivity index (χ4v) is 2.18. The minimum Gasteiger partial charge on any atom is -0.337 e. The molecule has 1 saturated carbocycles. The van der Waals surface area contributed by atoms with Gasteiger partial charge in [-0.1, -0.05) is 32.1 Å². The molecule has 0 spiro atoms. The normalized spacial score (nSPS) is 19.1. The maximum atomic E-state index is 3.92. The molecule has 0 bridgehead atoms. The van der Waals surface area contributed by atoms with Crippen LogP contribution in [0.3, 0.4) is 0 Å². The van der Waals surface area contributed by atoms with E-state index in [1.165, 1.54) is 38.5 Å². The zero-order valence-corrected chi connectivity index (χ0v) is 8.08. The number of hydrogen-bond donors (Lipinski definition) is 0. The molecule has 0 N–H and O–H groups in total. The van der Waals surface area contributed by atoms with Crippen molar-refractivity contribution in [3.05, 3.63) is 18.7 Å². The Morgan fingerprint density at radius 2 is 2.15 bits per heavy atom. The molecule has 2 rings (SSSR count). The zero-order chi connectivity index (χ0) is 8.93. The van der Waals surface area contributed by atoms with E-state index in [1.807, 2.05) is 12.5 Å². The highest BCUT2D eigenvalue weighted by molar-refractivity contribution is 4.73. The van der Waals surface area contributed by atoms with E-state index in [0.717, 1.165) is 12.5 Å². The highest BCUT2D eigenvalue weighted by atomic mass is 15.0. The molecule has 2 nitrogen and oxygen atoms in total. The maximum absolute atomic E-state index is 3.92. The summed E-state index contributed by atoms with van der Waals surface area (Å²) in [6, 6.07) is 0. The fraction of sp³-hybridized carbons (Fsp3) is 0.727. The summed E-state index contributed by atoms with van der Waals surface area (Å²) < 4.78 is 2.13. The number of hydrogen-bond acceptors (Lipinski definition) is 1. The molecule has 1 aromatic heterocycles. The third-order valence-electron chi connectivity index (χ3n) is 3.02. The number of imidazole rings is 1. The topological polar surface area (TPSA) is 17.8 Å². The SMILES string of the molecule is [c]1cn(CCC2CCCCC2)cn1. The van der Waals surface area contributed by atoms with Crippen LogP contribution in [0.5, 0.6) is 0 Å². The number of aromatic nitrogens is 2. The van der Waals surface area contributed by atoms with Crippen LogP contribution in [0.1, 0.15) is 38.5 Å². The summed E-state index contributed by atoms with van der Waals surface area (Å²) in [5.74, 6) is 0.969. The van der Waals surface area contributed by atoms with Crippen LogP contribution in [0.15, 0.2) is 12.5 Å². The average molecular weight is 177 g/mol. The molecule has 0 amide bonds. The van der Waals surface area contributed by atoms with Crippen molar-refractivity contribution < 1.29 is 0 Å². The van der Waals surface area contributed by atoms with Gasteiger partial charge in [0.15, 0.2) is 0 Å². The Labute approximate surface area is 80.0 Å². The molecule has 0 saturated heterocycles. The highest BCUT2D eigenvalue weighted by Gasteiger charge is 2.12. The number of nitrogens with zero attached hydrogens (tertiary/aromatic N) is 2. The maximum Gasteiger partial charge on any atom is 0.108 e. The lowest BCUT2D eigenvalue weighted by atomic mass is 9.87. The fourth-order valence-electron chi connectivity index (χ4n) is 2.18. The molecule has 1 aromatic rings. The van der Waals surface area contributed by atoms with Crippen molar-refractivity contribution >= 4 is 0 Å². The third-order valence-corrected chi connectivity index (χ3v) is 3.02. The van der Waals surface area contributed by atoms with Gasteiger partial charge in [-0.2, -0.15) is 0 Å². The van der Waals surface area contributed by atoms with Crippen LogP contribution in [0.25, 0.3) is 0 Å². The molecule has 1 aliphatic rings. The van der Waals surface area contributed by atoms with Gasteiger partial charge in [0.1, 0.15) is 6.20 Å². The molecule has 71 valence electrons. The van der Waals surface area contributed by atoms with Crippen molar-refractivity contribution in [1.82, 2.24) is 9.55 Å². The van der Waals surface area contributed by atoms with E-state index in [-0.39, 0.29) is 0 Å². The lowest BCUT2D eigenvalue weighted by Crippen LogP contribution is -2.09. The molecule has 0 unspecified atom stereocenters. The molecular formula is C11H17N2. The van der Waals surface area contributed by atoms with Gasteiger partial charge in [0.25, 0.3) is 0 Å². The van der Waals surface area contributed by atoms with E-state index in [2.05, 4.69) is 15.7 Å². The van der Waals surface area contributed by atoms with Gasteiger partial charge in [-0.25, -0.2) is 4.98 Å². The molecule has 0 aliphatic heterocycles. The summed E-state index contributed by atoms with van der Waals surface area (Å²) in [7, 11) is 0. The Bertz CT molecular complexity index is 222. The van der Waals surface area contributed by atoms with E-state index >= 15 is 0 Å². The van der Waals surface area contributed by atoms with Crippen LogP contribution in [0.4, 0.5) is 0 Å². The second-order valence-electron chi connectivity index (χ2n) is 4.03. The molecule has 1 aliphatic carbocycles. The molecule has 1 heterocycles. The van der Waals surface area contributed by atoms with Crippen LogP contribution >= 0.6 is 0 Å². The molecule has 0 aromatic carbocycles. The first-order valence-corrected chi connectivity index (χ1v) is 5.33. The molecule has 13 heavy (non-hydrogen) atoms. The summed E-state index contributed by atoms with van der Waals surface area (Å²) in [5.41, 5.74) is 0. The quantitative estimate of drug-likeness (QED) is 0.694. The zero-order valence-electron chi connectivity index (χ0n) is 8.08. The van der Waals surface area contributed by atoms with Crippen molar-refractivity contribution in [3.8, 4) is 0 Å². The Balaban J connectivity index is 1.72. The first-order chi connectivity index (χ1) is 6.45. The minimum atomic E-state index is 0.969. The average Bonchev–Trinajstić information content (AvgIpc) is 2.69. The lowest BCUT2D eigenvalue weighted by molar-refractivity contribution is 0.324. The lowest BCUT2D eigenvalue weighted by Gasteiger charge is -2.21. The smallest absolute Gasteiger partial charge is 0.108 e. The van der Waals surface area contributed by atoms with E-state index < -0.39 is 0 Å². The predicted molar refractivity (Wildman–Crippen MR) is 52.3 cm³/mol. The van der Waals surface area contributed by atoms with Crippen molar-refractivity contribution in [2.45, 2.75) is 45.1 Å². The van der Waals surface area contributed by atoms with Crippen molar-refractivity contribution in [2.24, 2.45) is 5.92 Å². The first-order valence-electron chi connectivity index (χ1n) is 5.33. The molecule has 0 atom stereocenters.